The van der Waals surface area contributed by atoms with Crippen LogP contribution in [-0.4, -0.2) is 9.13 Å². The fraction of sp³-hybridized carbons (Fsp3) is 0.636. The summed E-state index contributed by atoms with van der Waals surface area (Å²) in [7, 11) is 0. The molecule has 1 fully saturated rings. The van der Waals surface area contributed by atoms with Gasteiger partial charge in [-0.3, -0.25) is 13.9 Å². The zero-order chi connectivity index (χ0) is 12.6. The lowest BCUT2D eigenvalue weighted by molar-refractivity contribution is 0.529. The van der Waals surface area contributed by atoms with Gasteiger partial charge in [-0.1, -0.05) is 12.8 Å². The van der Waals surface area contributed by atoms with Gasteiger partial charge in [-0.05, 0) is 19.3 Å². The predicted octanol–water partition coefficient (Wildman–Crippen LogP) is -0.00560. The van der Waals surface area contributed by atoms with Crippen molar-refractivity contribution in [1.29, 1.82) is 0 Å². The van der Waals surface area contributed by atoms with Crippen molar-refractivity contribution in [1.82, 2.24) is 9.13 Å². The van der Waals surface area contributed by atoms with Gasteiger partial charge in [-0.25, -0.2) is 4.79 Å². The van der Waals surface area contributed by atoms with Gasteiger partial charge >= 0.3 is 5.69 Å². The molecule has 17 heavy (non-hydrogen) atoms. The zero-order valence-electron chi connectivity index (χ0n) is 9.98. The van der Waals surface area contributed by atoms with Crippen LogP contribution in [0.4, 0.5) is 11.5 Å². The van der Waals surface area contributed by atoms with Gasteiger partial charge in [0.05, 0.1) is 0 Å². The molecule has 0 aliphatic heterocycles. The number of aromatic nitrogens is 2. The second-order valence-electron chi connectivity index (χ2n) is 4.51. The Morgan fingerprint density at radius 1 is 1.24 bits per heavy atom. The molecular weight excluding hydrogens is 220 g/mol. The van der Waals surface area contributed by atoms with Gasteiger partial charge in [-0.15, -0.1) is 0 Å². The third-order valence-electron chi connectivity index (χ3n) is 3.28. The Balaban J connectivity index is 2.45. The zero-order valence-corrected chi connectivity index (χ0v) is 9.98. The Hall–Kier alpha value is -1.72. The molecule has 0 spiro atoms. The second kappa shape index (κ2) is 4.27. The third kappa shape index (κ3) is 2.07. The molecular formula is C11H18N4O2. The molecule has 1 aliphatic carbocycles. The van der Waals surface area contributed by atoms with Crippen molar-refractivity contribution in [2.75, 3.05) is 11.5 Å². The van der Waals surface area contributed by atoms with E-state index in [4.69, 9.17) is 11.5 Å². The highest BCUT2D eigenvalue weighted by Gasteiger charge is 2.22. The highest BCUT2D eigenvalue weighted by molar-refractivity contribution is 5.56. The lowest BCUT2D eigenvalue weighted by Gasteiger charge is -2.13. The fourth-order valence-electron chi connectivity index (χ4n) is 1.96. The molecule has 0 radical (unpaired) electrons. The molecule has 1 aromatic rings. The molecule has 1 heterocycles. The first-order valence-corrected chi connectivity index (χ1v) is 5.94. The summed E-state index contributed by atoms with van der Waals surface area (Å²) in [5, 5.41) is 0. The van der Waals surface area contributed by atoms with Gasteiger partial charge in [-0.2, -0.15) is 0 Å². The molecule has 1 saturated carbocycles. The molecule has 94 valence electrons. The first-order chi connectivity index (χ1) is 8.06. The SMILES string of the molecule is CCn1c(N)c(N)c(=O)n(CCC2CC2)c1=O. The molecule has 0 bridgehead atoms. The van der Waals surface area contributed by atoms with Crippen LogP contribution < -0.4 is 22.7 Å². The molecule has 0 saturated heterocycles. The van der Waals surface area contributed by atoms with Crippen LogP contribution in [0.3, 0.4) is 0 Å². The van der Waals surface area contributed by atoms with E-state index in [1.54, 1.807) is 6.92 Å². The largest absolute Gasteiger partial charge is 0.391 e. The van der Waals surface area contributed by atoms with E-state index >= 15 is 0 Å². The number of nitrogen functional groups attached to an aromatic ring is 2. The summed E-state index contributed by atoms with van der Waals surface area (Å²) in [5.41, 5.74) is 10.4. The quantitative estimate of drug-likeness (QED) is 0.771. The van der Waals surface area contributed by atoms with Crippen LogP contribution in [0.25, 0.3) is 0 Å². The lowest BCUT2D eigenvalue weighted by atomic mass is 10.3. The maximum absolute atomic E-state index is 12.0. The Bertz CT molecular complexity index is 540. The van der Waals surface area contributed by atoms with E-state index in [0.29, 0.717) is 19.0 Å². The minimum Gasteiger partial charge on any atom is -0.391 e. The van der Waals surface area contributed by atoms with E-state index < -0.39 is 5.56 Å². The Labute approximate surface area is 98.8 Å². The molecule has 1 aliphatic rings. The second-order valence-corrected chi connectivity index (χ2v) is 4.51. The molecule has 2 rings (SSSR count). The predicted molar refractivity (Wildman–Crippen MR) is 66.8 cm³/mol. The van der Waals surface area contributed by atoms with Crippen LogP contribution in [0.15, 0.2) is 9.59 Å². The van der Waals surface area contributed by atoms with E-state index in [-0.39, 0.29) is 17.2 Å². The fourth-order valence-corrected chi connectivity index (χ4v) is 1.96. The van der Waals surface area contributed by atoms with Gasteiger partial charge in [0.1, 0.15) is 11.5 Å². The third-order valence-corrected chi connectivity index (χ3v) is 3.28. The summed E-state index contributed by atoms with van der Waals surface area (Å²) in [5.74, 6) is 0.736. The van der Waals surface area contributed by atoms with Crippen LogP contribution in [0.1, 0.15) is 26.2 Å². The van der Waals surface area contributed by atoms with Gasteiger partial charge in [0.25, 0.3) is 5.56 Å². The van der Waals surface area contributed by atoms with E-state index in [2.05, 4.69) is 0 Å². The van der Waals surface area contributed by atoms with Crippen molar-refractivity contribution in [3.05, 3.63) is 20.8 Å². The minimum absolute atomic E-state index is 0.0257. The first kappa shape index (κ1) is 11.8. The van der Waals surface area contributed by atoms with Crippen LogP contribution in [0.5, 0.6) is 0 Å². The van der Waals surface area contributed by atoms with Gasteiger partial charge in [0.2, 0.25) is 0 Å². The van der Waals surface area contributed by atoms with Crippen LogP contribution in [0, 0.1) is 5.92 Å². The summed E-state index contributed by atoms with van der Waals surface area (Å²) in [6.45, 7) is 2.65. The molecule has 6 heteroatoms. The Morgan fingerprint density at radius 2 is 1.88 bits per heavy atom. The molecule has 0 aromatic carbocycles. The average molecular weight is 238 g/mol. The molecule has 1 aromatic heterocycles. The number of hydrogen-bond acceptors (Lipinski definition) is 4. The lowest BCUT2D eigenvalue weighted by Crippen LogP contribution is -2.42. The molecule has 4 N–H and O–H groups in total. The average Bonchev–Trinajstić information content (AvgIpc) is 3.11. The van der Waals surface area contributed by atoms with Crippen molar-refractivity contribution in [3.63, 3.8) is 0 Å². The molecule has 0 unspecified atom stereocenters. The smallest absolute Gasteiger partial charge is 0.332 e. The summed E-state index contributed by atoms with van der Waals surface area (Å²) in [4.78, 5) is 23.9. The van der Waals surface area contributed by atoms with Crippen LogP contribution in [0.2, 0.25) is 0 Å². The normalized spacial score (nSPS) is 15.1. The van der Waals surface area contributed by atoms with Gasteiger partial charge in [0.15, 0.2) is 0 Å². The Morgan fingerprint density at radius 3 is 2.41 bits per heavy atom. The summed E-state index contributed by atoms with van der Waals surface area (Å²) < 4.78 is 2.54. The summed E-state index contributed by atoms with van der Waals surface area (Å²) >= 11 is 0. The van der Waals surface area contributed by atoms with Crippen molar-refractivity contribution < 1.29 is 0 Å². The Kier molecular flexibility index (Phi) is 2.95. The monoisotopic (exact) mass is 238 g/mol. The first-order valence-electron chi connectivity index (χ1n) is 5.94. The summed E-state index contributed by atoms with van der Waals surface area (Å²) in [6, 6.07) is 0. The highest BCUT2D eigenvalue weighted by atomic mass is 16.2. The molecule has 0 amide bonds. The summed E-state index contributed by atoms with van der Waals surface area (Å²) in [6.07, 6.45) is 3.25. The number of rotatable bonds is 4. The van der Waals surface area contributed by atoms with E-state index in [0.717, 1.165) is 6.42 Å². The number of nitrogens with zero attached hydrogens (tertiary/aromatic N) is 2. The minimum atomic E-state index is -0.460. The molecule has 0 atom stereocenters. The maximum Gasteiger partial charge on any atom is 0.332 e. The van der Waals surface area contributed by atoms with Gasteiger partial charge < -0.3 is 11.5 Å². The maximum atomic E-state index is 12.0. The highest BCUT2D eigenvalue weighted by Crippen LogP contribution is 2.32. The topological polar surface area (TPSA) is 96.0 Å². The number of anilines is 2. The van der Waals surface area contributed by atoms with E-state index in [1.165, 1.54) is 22.0 Å². The number of nitrogens with two attached hydrogens (primary N) is 2. The van der Waals surface area contributed by atoms with Crippen molar-refractivity contribution in [2.24, 2.45) is 5.92 Å². The van der Waals surface area contributed by atoms with E-state index in [9.17, 15) is 9.59 Å². The van der Waals surface area contributed by atoms with E-state index in [1.807, 2.05) is 0 Å². The van der Waals surface area contributed by atoms with Crippen LogP contribution >= 0.6 is 0 Å². The number of hydrogen-bond donors (Lipinski definition) is 2. The van der Waals surface area contributed by atoms with Crippen molar-refractivity contribution in [2.45, 2.75) is 39.3 Å². The molecule has 6 nitrogen and oxygen atoms in total. The standard InChI is InChI=1S/C11H18N4O2/c1-2-14-9(13)8(12)10(16)15(11(14)17)6-5-7-3-4-7/h7H,2-6,12-13H2,1H3. The van der Waals surface area contributed by atoms with Crippen LogP contribution in [-0.2, 0) is 13.1 Å². The van der Waals surface area contributed by atoms with Crippen molar-refractivity contribution >= 4 is 11.5 Å². The van der Waals surface area contributed by atoms with Gasteiger partial charge in [0, 0.05) is 13.1 Å². The van der Waals surface area contributed by atoms with Crippen molar-refractivity contribution in [3.8, 4) is 0 Å².